The Bertz CT molecular complexity index is 690. The van der Waals surface area contributed by atoms with Crippen molar-refractivity contribution in [3.8, 4) is 0 Å². The van der Waals surface area contributed by atoms with Gasteiger partial charge in [0.2, 0.25) is 0 Å². The number of fused-ring (bicyclic) bond motifs is 1. The molecule has 0 bridgehead atoms. The van der Waals surface area contributed by atoms with Gasteiger partial charge < -0.3 is 24.5 Å². The zero-order chi connectivity index (χ0) is 18.6. The summed E-state index contributed by atoms with van der Waals surface area (Å²) in [4.78, 5) is 8.83. The van der Waals surface area contributed by atoms with Crippen LogP contribution in [0.5, 0.6) is 0 Å². The average Bonchev–Trinajstić information content (AvgIpc) is 3.07. The molecule has 0 saturated heterocycles. The Morgan fingerprint density at radius 3 is 2.63 bits per heavy atom. The SMILES string of the molecule is CCCCOCCOCCNC(=NC)NCc1cn2c(C)cccc2n1.I. The molecule has 0 fully saturated rings. The predicted octanol–water partition coefficient (Wildman–Crippen LogP) is 2.76. The van der Waals surface area contributed by atoms with E-state index in [4.69, 9.17) is 9.47 Å². The number of hydrogen-bond acceptors (Lipinski definition) is 4. The maximum absolute atomic E-state index is 5.54. The van der Waals surface area contributed by atoms with E-state index in [9.17, 15) is 0 Å². The summed E-state index contributed by atoms with van der Waals surface area (Å²) in [5.41, 5.74) is 3.10. The first-order valence-electron chi connectivity index (χ1n) is 9.28. The van der Waals surface area contributed by atoms with E-state index in [1.54, 1.807) is 7.05 Å². The molecule has 0 amide bonds. The monoisotopic (exact) mass is 489 g/mol. The maximum atomic E-state index is 5.54. The summed E-state index contributed by atoms with van der Waals surface area (Å²) in [6, 6.07) is 6.10. The van der Waals surface area contributed by atoms with Crippen molar-refractivity contribution in [2.24, 2.45) is 4.99 Å². The van der Waals surface area contributed by atoms with E-state index in [1.165, 1.54) is 5.69 Å². The van der Waals surface area contributed by atoms with Gasteiger partial charge in [0.1, 0.15) is 5.65 Å². The number of pyridine rings is 1. The molecule has 27 heavy (non-hydrogen) atoms. The number of ether oxygens (including phenoxy) is 2. The van der Waals surface area contributed by atoms with Gasteiger partial charge in [-0.1, -0.05) is 19.4 Å². The van der Waals surface area contributed by atoms with Gasteiger partial charge >= 0.3 is 0 Å². The second-order valence-electron chi connectivity index (χ2n) is 6.06. The van der Waals surface area contributed by atoms with Crippen molar-refractivity contribution in [1.29, 1.82) is 0 Å². The number of guanidine groups is 1. The first kappa shape index (κ1) is 23.6. The lowest BCUT2D eigenvalue weighted by atomic mass is 10.4. The highest BCUT2D eigenvalue weighted by molar-refractivity contribution is 14.0. The Hall–Kier alpha value is -1.39. The zero-order valence-corrected chi connectivity index (χ0v) is 18.9. The molecule has 0 spiro atoms. The summed E-state index contributed by atoms with van der Waals surface area (Å²) in [5.74, 6) is 0.738. The third kappa shape index (κ3) is 8.44. The van der Waals surface area contributed by atoms with Gasteiger partial charge in [0.05, 0.1) is 32.1 Å². The standard InChI is InChI=1S/C19H31N5O2.HI/c1-4-5-10-25-12-13-26-11-9-21-19(20-3)22-14-17-15-24-16(2)7-6-8-18(24)23-17;/h6-8,15H,4-5,9-14H2,1-3H3,(H2,20,21,22);1H. The Kier molecular flexibility index (Phi) is 12.0. The summed E-state index contributed by atoms with van der Waals surface area (Å²) in [6.45, 7) is 8.25. The normalized spacial score (nSPS) is 11.4. The van der Waals surface area contributed by atoms with Crippen LogP contribution in [0.2, 0.25) is 0 Å². The summed E-state index contributed by atoms with van der Waals surface area (Å²) >= 11 is 0. The summed E-state index contributed by atoms with van der Waals surface area (Å²) < 4.78 is 13.1. The van der Waals surface area contributed by atoms with Crippen LogP contribution in [-0.2, 0) is 16.0 Å². The first-order valence-corrected chi connectivity index (χ1v) is 9.28. The third-order valence-corrected chi connectivity index (χ3v) is 3.96. The molecule has 0 aliphatic carbocycles. The fraction of sp³-hybridized carbons (Fsp3) is 0.579. The van der Waals surface area contributed by atoms with Crippen LogP contribution in [0.3, 0.4) is 0 Å². The van der Waals surface area contributed by atoms with E-state index < -0.39 is 0 Å². The molecule has 0 atom stereocenters. The van der Waals surface area contributed by atoms with Gasteiger partial charge in [-0.05, 0) is 25.5 Å². The number of aromatic nitrogens is 2. The fourth-order valence-corrected chi connectivity index (χ4v) is 2.49. The van der Waals surface area contributed by atoms with Crippen molar-refractivity contribution in [3.05, 3.63) is 35.8 Å². The third-order valence-electron chi connectivity index (χ3n) is 3.96. The van der Waals surface area contributed by atoms with Crippen LogP contribution in [-0.4, -0.2) is 55.4 Å². The lowest BCUT2D eigenvalue weighted by Crippen LogP contribution is -2.38. The quantitative estimate of drug-likeness (QED) is 0.220. The summed E-state index contributed by atoms with van der Waals surface area (Å²) in [7, 11) is 1.76. The smallest absolute Gasteiger partial charge is 0.191 e. The van der Waals surface area contributed by atoms with E-state index >= 15 is 0 Å². The minimum atomic E-state index is 0. The molecule has 2 aromatic heterocycles. The Morgan fingerprint density at radius 2 is 1.93 bits per heavy atom. The molecular weight excluding hydrogens is 457 g/mol. The van der Waals surface area contributed by atoms with E-state index in [0.717, 1.165) is 36.7 Å². The molecule has 2 N–H and O–H groups in total. The van der Waals surface area contributed by atoms with Gasteiger partial charge in [0.15, 0.2) is 5.96 Å². The van der Waals surface area contributed by atoms with Crippen LogP contribution < -0.4 is 10.6 Å². The van der Waals surface area contributed by atoms with Crippen molar-refractivity contribution in [3.63, 3.8) is 0 Å². The molecule has 0 aliphatic heterocycles. The minimum Gasteiger partial charge on any atom is -0.379 e. The number of hydrogen-bond donors (Lipinski definition) is 2. The van der Waals surface area contributed by atoms with E-state index in [2.05, 4.69) is 44.9 Å². The Labute approximate surface area is 179 Å². The number of halogens is 1. The number of rotatable bonds is 11. The molecule has 0 radical (unpaired) electrons. The Balaban J connectivity index is 0.00000364. The summed E-state index contributed by atoms with van der Waals surface area (Å²) in [5, 5.41) is 6.51. The molecular formula is C19H32IN5O2. The minimum absolute atomic E-state index is 0. The van der Waals surface area contributed by atoms with Crippen LogP contribution in [0.25, 0.3) is 5.65 Å². The number of nitrogens with zero attached hydrogens (tertiary/aromatic N) is 3. The van der Waals surface area contributed by atoms with Gasteiger partial charge in [0, 0.05) is 32.1 Å². The van der Waals surface area contributed by atoms with E-state index in [0.29, 0.717) is 32.9 Å². The number of aryl methyl sites for hydroxylation is 1. The molecule has 0 aromatic carbocycles. The van der Waals surface area contributed by atoms with Crippen molar-refractivity contribution in [2.75, 3.05) is 40.0 Å². The first-order chi connectivity index (χ1) is 12.7. The highest BCUT2D eigenvalue weighted by Crippen LogP contribution is 2.08. The number of unbranched alkanes of at least 4 members (excludes halogenated alkanes) is 1. The molecule has 8 heteroatoms. The van der Waals surface area contributed by atoms with Crippen LogP contribution in [0.4, 0.5) is 0 Å². The molecule has 2 aromatic rings. The number of nitrogens with one attached hydrogen (secondary N) is 2. The van der Waals surface area contributed by atoms with Crippen molar-refractivity contribution >= 4 is 35.6 Å². The van der Waals surface area contributed by atoms with Gasteiger partial charge in [-0.2, -0.15) is 0 Å². The zero-order valence-electron chi connectivity index (χ0n) is 16.5. The second kappa shape index (κ2) is 13.7. The van der Waals surface area contributed by atoms with Crippen molar-refractivity contribution in [2.45, 2.75) is 33.2 Å². The maximum Gasteiger partial charge on any atom is 0.191 e. The van der Waals surface area contributed by atoms with Gasteiger partial charge in [-0.3, -0.25) is 4.99 Å². The van der Waals surface area contributed by atoms with Crippen LogP contribution in [0.1, 0.15) is 31.2 Å². The van der Waals surface area contributed by atoms with Crippen molar-refractivity contribution < 1.29 is 9.47 Å². The molecule has 0 aliphatic rings. The molecule has 0 saturated carbocycles. The summed E-state index contributed by atoms with van der Waals surface area (Å²) in [6.07, 6.45) is 4.31. The molecule has 2 rings (SSSR count). The highest BCUT2D eigenvalue weighted by atomic mass is 127. The topological polar surface area (TPSA) is 72.2 Å². The van der Waals surface area contributed by atoms with E-state index in [-0.39, 0.29) is 24.0 Å². The molecule has 0 unspecified atom stereocenters. The van der Waals surface area contributed by atoms with Gasteiger partial charge in [-0.25, -0.2) is 4.98 Å². The largest absolute Gasteiger partial charge is 0.379 e. The fourth-order valence-electron chi connectivity index (χ4n) is 2.49. The average molecular weight is 489 g/mol. The predicted molar refractivity (Wildman–Crippen MR) is 120 cm³/mol. The molecule has 7 nitrogen and oxygen atoms in total. The highest BCUT2D eigenvalue weighted by Gasteiger charge is 2.04. The van der Waals surface area contributed by atoms with E-state index in [1.807, 2.05) is 18.3 Å². The second-order valence-corrected chi connectivity index (χ2v) is 6.06. The molecule has 152 valence electrons. The van der Waals surface area contributed by atoms with Gasteiger partial charge in [0.25, 0.3) is 0 Å². The lowest BCUT2D eigenvalue weighted by Gasteiger charge is -2.11. The van der Waals surface area contributed by atoms with Crippen LogP contribution in [0, 0.1) is 6.92 Å². The van der Waals surface area contributed by atoms with Gasteiger partial charge in [-0.15, -0.1) is 24.0 Å². The lowest BCUT2D eigenvalue weighted by molar-refractivity contribution is 0.0487. The number of imidazole rings is 1. The van der Waals surface area contributed by atoms with Crippen molar-refractivity contribution in [1.82, 2.24) is 20.0 Å². The van der Waals surface area contributed by atoms with Crippen LogP contribution >= 0.6 is 24.0 Å². The molecule has 2 heterocycles. The van der Waals surface area contributed by atoms with Crippen LogP contribution in [0.15, 0.2) is 29.4 Å². The Morgan fingerprint density at radius 1 is 1.15 bits per heavy atom. The number of aliphatic imine (C=N–C) groups is 1.